The molecule has 2 aromatic carbocycles. The van der Waals surface area contributed by atoms with E-state index in [-0.39, 0.29) is 24.5 Å². The molecule has 0 unspecified atom stereocenters. The molecule has 2 amide bonds. The Morgan fingerprint density at radius 3 is 2.48 bits per heavy atom. The minimum Gasteiger partial charge on any atom is -0.485 e. The van der Waals surface area contributed by atoms with Gasteiger partial charge >= 0.3 is 0 Å². The zero-order valence-electron chi connectivity index (χ0n) is 16.9. The molecule has 1 heterocycles. The second-order valence-corrected chi connectivity index (χ2v) is 6.48. The lowest BCUT2D eigenvalue weighted by Gasteiger charge is -2.22. The number of aromatic nitrogens is 2. The first-order chi connectivity index (χ1) is 14.9. The minimum atomic E-state index is -0.904. The number of para-hydroxylation sites is 2. The lowest BCUT2D eigenvalue weighted by atomic mass is 10.1. The van der Waals surface area contributed by atoms with Crippen molar-refractivity contribution in [2.45, 2.75) is 20.5 Å². The number of ether oxygens (including phenoxy) is 1. The molecule has 0 radical (unpaired) electrons. The summed E-state index contributed by atoms with van der Waals surface area (Å²) in [4.78, 5) is 30.6. The summed E-state index contributed by atoms with van der Waals surface area (Å²) in [5.41, 5.74) is -0.343. The highest BCUT2D eigenvalue weighted by atomic mass is 19.1. The number of amides is 2. The molecule has 1 N–H and O–H groups in total. The number of halogens is 2. The van der Waals surface area contributed by atoms with Crippen molar-refractivity contribution in [1.82, 2.24) is 15.0 Å². The van der Waals surface area contributed by atoms with E-state index in [0.29, 0.717) is 11.7 Å². The Bertz CT molecular complexity index is 1070. The number of nitrogens with zero attached hydrogens (tertiary/aromatic N) is 3. The maximum Gasteiger partial charge on any atom is 0.258 e. The van der Waals surface area contributed by atoms with Gasteiger partial charge in [0.2, 0.25) is 17.6 Å². The Morgan fingerprint density at radius 1 is 1.13 bits per heavy atom. The van der Waals surface area contributed by atoms with Crippen LogP contribution in [0.1, 0.15) is 29.0 Å². The Morgan fingerprint density at radius 2 is 1.84 bits per heavy atom. The van der Waals surface area contributed by atoms with E-state index in [1.807, 2.05) is 0 Å². The van der Waals surface area contributed by atoms with Crippen LogP contribution in [-0.2, 0) is 11.4 Å². The van der Waals surface area contributed by atoms with Crippen molar-refractivity contribution in [3.8, 4) is 5.75 Å². The Hall–Kier alpha value is -3.82. The van der Waals surface area contributed by atoms with Gasteiger partial charge in [0.25, 0.3) is 5.91 Å². The Balaban J connectivity index is 1.70. The summed E-state index contributed by atoms with van der Waals surface area (Å²) in [5.74, 6) is -2.05. The van der Waals surface area contributed by atoms with Crippen LogP contribution in [0.15, 0.2) is 47.0 Å². The standard InChI is InChI=1S/C21H20F2N4O4/c1-3-27(11-19(28)25-20-15(22)8-6-9-16(20)23)21(29)14-7-4-5-10-17(14)30-12-18-24-13(2)31-26-18/h4-10H,3,11-12H2,1-2H3,(H,25,28). The summed E-state index contributed by atoms with van der Waals surface area (Å²) in [7, 11) is 0. The number of likely N-dealkylation sites (N-methyl/N-ethyl adjacent to an activating group) is 1. The first-order valence-corrected chi connectivity index (χ1v) is 9.43. The predicted molar refractivity (Wildman–Crippen MR) is 106 cm³/mol. The maximum atomic E-state index is 13.8. The van der Waals surface area contributed by atoms with Crippen LogP contribution in [0.5, 0.6) is 5.75 Å². The quantitative estimate of drug-likeness (QED) is 0.589. The molecule has 162 valence electrons. The average molecular weight is 430 g/mol. The molecule has 0 saturated heterocycles. The molecular weight excluding hydrogens is 410 g/mol. The first kappa shape index (κ1) is 21.9. The number of rotatable bonds is 8. The van der Waals surface area contributed by atoms with Crippen LogP contribution in [0.25, 0.3) is 0 Å². The van der Waals surface area contributed by atoms with Crippen LogP contribution in [0.3, 0.4) is 0 Å². The molecule has 0 fully saturated rings. The van der Waals surface area contributed by atoms with E-state index >= 15 is 0 Å². The van der Waals surface area contributed by atoms with E-state index in [2.05, 4.69) is 15.5 Å². The lowest BCUT2D eigenvalue weighted by Crippen LogP contribution is -2.38. The van der Waals surface area contributed by atoms with Gasteiger partial charge in [-0.2, -0.15) is 4.98 Å². The topological polar surface area (TPSA) is 97.6 Å². The summed E-state index contributed by atoms with van der Waals surface area (Å²) in [6.45, 7) is 3.10. The van der Waals surface area contributed by atoms with Gasteiger partial charge in [-0.15, -0.1) is 0 Å². The molecule has 0 saturated carbocycles. The maximum absolute atomic E-state index is 13.8. The number of hydrogen-bond acceptors (Lipinski definition) is 6. The smallest absolute Gasteiger partial charge is 0.258 e. The van der Waals surface area contributed by atoms with E-state index in [9.17, 15) is 18.4 Å². The van der Waals surface area contributed by atoms with Gasteiger partial charge in [0.1, 0.15) is 29.6 Å². The minimum absolute atomic E-state index is 0.0131. The van der Waals surface area contributed by atoms with E-state index in [1.54, 1.807) is 38.1 Å². The highest BCUT2D eigenvalue weighted by Gasteiger charge is 2.22. The van der Waals surface area contributed by atoms with Gasteiger partial charge in [-0.1, -0.05) is 23.4 Å². The average Bonchev–Trinajstić information content (AvgIpc) is 3.18. The van der Waals surface area contributed by atoms with Crippen molar-refractivity contribution in [3.05, 3.63) is 71.4 Å². The van der Waals surface area contributed by atoms with Crippen LogP contribution in [0, 0.1) is 18.6 Å². The largest absolute Gasteiger partial charge is 0.485 e. The first-order valence-electron chi connectivity index (χ1n) is 9.43. The molecule has 31 heavy (non-hydrogen) atoms. The van der Waals surface area contributed by atoms with Crippen molar-refractivity contribution >= 4 is 17.5 Å². The van der Waals surface area contributed by atoms with Crippen LogP contribution < -0.4 is 10.1 Å². The van der Waals surface area contributed by atoms with Gasteiger partial charge in [-0.25, -0.2) is 8.78 Å². The molecule has 0 aliphatic carbocycles. The fourth-order valence-corrected chi connectivity index (χ4v) is 2.78. The van der Waals surface area contributed by atoms with Crippen LogP contribution in [0.2, 0.25) is 0 Å². The van der Waals surface area contributed by atoms with Gasteiger partial charge in [-0.3, -0.25) is 9.59 Å². The zero-order valence-corrected chi connectivity index (χ0v) is 16.9. The van der Waals surface area contributed by atoms with Gasteiger partial charge in [0, 0.05) is 13.5 Å². The molecule has 0 atom stereocenters. The molecule has 0 bridgehead atoms. The third kappa shape index (κ3) is 5.41. The van der Waals surface area contributed by atoms with Crippen molar-refractivity contribution in [2.75, 3.05) is 18.4 Å². The fraction of sp³-hybridized carbons (Fsp3) is 0.238. The number of aryl methyl sites for hydroxylation is 1. The third-order valence-electron chi connectivity index (χ3n) is 4.27. The highest BCUT2D eigenvalue weighted by Crippen LogP contribution is 2.22. The molecule has 0 aliphatic heterocycles. The van der Waals surface area contributed by atoms with E-state index in [1.165, 1.54) is 11.0 Å². The number of nitrogens with one attached hydrogen (secondary N) is 1. The summed E-state index contributed by atoms with van der Waals surface area (Å²) >= 11 is 0. The summed E-state index contributed by atoms with van der Waals surface area (Å²) in [5, 5.41) is 5.90. The zero-order chi connectivity index (χ0) is 22.4. The SMILES string of the molecule is CCN(CC(=O)Nc1c(F)cccc1F)C(=O)c1ccccc1OCc1noc(C)n1. The van der Waals surface area contributed by atoms with Crippen molar-refractivity contribution in [2.24, 2.45) is 0 Å². The fourth-order valence-electron chi connectivity index (χ4n) is 2.78. The van der Waals surface area contributed by atoms with Crippen molar-refractivity contribution < 1.29 is 27.6 Å². The summed E-state index contributed by atoms with van der Waals surface area (Å²) in [6.07, 6.45) is 0. The monoisotopic (exact) mass is 430 g/mol. The third-order valence-corrected chi connectivity index (χ3v) is 4.27. The summed E-state index contributed by atoms with van der Waals surface area (Å²) < 4.78 is 38.1. The molecule has 0 spiro atoms. The number of benzene rings is 2. The molecule has 0 aliphatic rings. The molecule has 3 rings (SSSR count). The molecule has 8 nitrogen and oxygen atoms in total. The van der Waals surface area contributed by atoms with Gasteiger partial charge in [-0.05, 0) is 31.2 Å². The molecule has 10 heteroatoms. The van der Waals surface area contributed by atoms with Crippen molar-refractivity contribution in [3.63, 3.8) is 0 Å². The lowest BCUT2D eigenvalue weighted by molar-refractivity contribution is -0.116. The summed E-state index contributed by atoms with van der Waals surface area (Å²) in [6, 6.07) is 9.74. The number of carbonyl (C=O) groups excluding carboxylic acids is 2. The van der Waals surface area contributed by atoms with E-state index < -0.39 is 35.7 Å². The van der Waals surface area contributed by atoms with Crippen LogP contribution in [-0.4, -0.2) is 39.9 Å². The Kier molecular flexibility index (Phi) is 6.91. The normalized spacial score (nSPS) is 10.6. The number of hydrogen-bond donors (Lipinski definition) is 1. The second kappa shape index (κ2) is 9.79. The van der Waals surface area contributed by atoms with Gasteiger partial charge in [0.05, 0.1) is 5.56 Å². The van der Waals surface area contributed by atoms with E-state index in [4.69, 9.17) is 9.26 Å². The van der Waals surface area contributed by atoms with Crippen LogP contribution in [0.4, 0.5) is 14.5 Å². The van der Waals surface area contributed by atoms with Crippen LogP contribution >= 0.6 is 0 Å². The predicted octanol–water partition coefficient (Wildman–Crippen LogP) is 3.34. The molecular formula is C21H20F2N4O4. The number of carbonyl (C=O) groups is 2. The number of anilines is 1. The highest BCUT2D eigenvalue weighted by molar-refractivity contribution is 6.01. The van der Waals surface area contributed by atoms with Crippen molar-refractivity contribution in [1.29, 1.82) is 0 Å². The van der Waals surface area contributed by atoms with Gasteiger partial charge in [0.15, 0.2) is 6.61 Å². The molecule has 3 aromatic rings. The van der Waals surface area contributed by atoms with Gasteiger partial charge < -0.3 is 19.5 Å². The van der Waals surface area contributed by atoms with E-state index in [0.717, 1.165) is 12.1 Å². The molecule has 1 aromatic heterocycles. The second-order valence-electron chi connectivity index (χ2n) is 6.48. The Labute approximate surface area is 176 Å².